The molecule has 0 aromatic heterocycles. The van der Waals surface area contributed by atoms with E-state index in [0.29, 0.717) is 13.2 Å². The summed E-state index contributed by atoms with van der Waals surface area (Å²) in [6, 6.07) is 0. The van der Waals surface area contributed by atoms with Crippen molar-refractivity contribution in [2.75, 3.05) is 13.2 Å². The molecule has 1 fully saturated rings. The Morgan fingerprint density at radius 3 is 2.38 bits per heavy atom. The predicted molar refractivity (Wildman–Crippen MR) is 53.7 cm³/mol. The van der Waals surface area contributed by atoms with Crippen LogP contribution in [0, 0.1) is 5.41 Å². The molecule has 1 aliphatic rings. The maximum atomic E-state index is 10.0. The first-order valence-corrected chi connectivity index (χ1v) is 5.51. The Labute approximate surface area is 81.3 Å². The summed E-state index contributed by atoms with van der Waals surface area (Å²) in [6.45, 7) is 5.38. The van der Waals surface area contributed by atoms with Crippen LogP contribution in [-0.2, 0) is 4.74 Å². The molecule has 13 heavy (non-hydrogen) atoms. The Morgan fingerprint density at radius 2 is 1.92 bits per heavy atom. The highest BCUT2D eigenvalue weighted by Crippen LogP contribution is 2.43. The van der Waals surface area contributed by atoms with Gasteiger partial charge in [0, 0.05) is 6.61 Å². The average molecular weight is 186 g/mol. The second kappa shape index (κ2) is 4.97. The lowest BCUT2D eigenvalue weighted by Crippen LogP contribution is -2.35. The lowest BCUT2D eigenvalue weighted by Gasteiger charge is -2.32. The van der Waals surface area contributed by atoms with E-state index >= 15 is 0 Å². The topological polar surface area (TPSA) is 29.5 Å². The summed E-state index contributed by atoms with van der Waals surface area (Å²) in [5, 5.41) is 10.0. The van der Waals surface area contributed by atoms with E-state index < -0.39 is 0 Å². The Balaban J connectivity index is 2.44. The molecule has 0 spiro atoms. The highest BCUT2D eigenvalue weighted by Gasteiger charge is 2.38. The number of rotatable bonds is 5. The highest BCUT2D eigenvalue weighted by atomic mass is 16.5. The predicted octanol–water partition coefficient (Wildman–Crippen LogP) is 2.35. The van der Waals surface area contributed by atoms with Crippen LogP contribution in [0.2, 0.25) is 0 Å². The van der Waals surface area contributed by atoms with E-state index in [1.165, 1.54) is 25.7 Å². The summed E-state index contributed by atoms with van der Waals surface area (Å²) >= 11 is 0. The molecule has 0 aliphatic heterocycles. The quantitative estimate of drug-likeness (QED) is 0.714. The van der Waals surface area contributed by atoms with Crippen molar-refractivity contribution in [3.63, 3.8) is 0 Å². The molecule has 0 bridgehead atoms. The van der Waals surface area contributed by atoms with E-state index in [2.05, 4.69) is 6.92 Å². The van der Waals surface area contributed by atoms with Crippen molar-refractivity contribution >= 4 is 0 Å². The maximum absolute atomic E-state index is 10.0. The van der Waals surface area contributed by atoms with Gasteiger partial charge in [-0.2, -0.15) is 0 Å². The van der Waals surface area contributed by atoms with Gasteiger partial charge in [0.25, 0.3) is 0 Å². The summed E-state index contributed by atoms with van der Waals surface area (Å²) in [4.78, 5) is 0. The molecule has 1 aliphatic carbocycles. The Kier molecular flexibility index (Phi) is 4.20. The second-order valence-corrected chi connectivity index (χ2v) is 4.10. The molecule has 1 saturated carbocycles. The lowest BCUT2D eigenvalue weighted by molar-refractivity contribution is -0.0393. The molecule has 78 valence electrons. The largest absolute Gasteiger partial charge is 0.390 e. The Bertz CT molecular complexity index is 139. The molecular weight excluding hydrogens is 164 g/mol. The molecule has 1 N–H and O–H groups in total. The van der Waals surface area contributed by atoms with Crippen LogP contribution in [0.4, 0.5) is 0 Å². The molecule has 0 radical (unpaired) electrons. The molecule has 0 heterocycles. The summed E-state index contributed by atoms with van der Waals surface area (Å²) in [6.07, 6.45) is 5.74. The third kappa shape index (κ3) is 2.44. The summed E-state index contributed by atoms with van der Waals surface area (Å²) in [5.74, 6) is 0. The molecule has 2 heteroatoms. The molecule has 0 amide bonds. The molecule has 0 saturated heterocycles. The third-order valence-electron chi connectivity index (χ3n) is 3.49. The van der Waals surface area contributed by atoms with Gasteiger partial charge in [0.15, 0.2) is 0 Å². The molecule has 1 rings (SSSR count). The molecular formula is C11H22O2. The van der Waals surface area contributed by atoms with Crippen LogP contribution < -0.4 is 0 Å². The monoisotopic (exact) mass is 186 g/mol. The van der Waals surface area contributed by atoms with Crippen LogP contribution in [0.25, 0.3) is 0 Å². The molecule has 0 aromatic carbocycles. The first-order valence-electron chi connectivity index (χ1n) is 5.51. The number of aliphatic hydroxyl groups excluding tert-OH is 1. The normalized spacial score (nSPS) is 23.3. The van der Waals surface area contributed by atoms with Gasteiger partial charge in [0.05, 0.1) is 12.7 Å². The smallest absolute Gasteiger partial charge is 0.0829 e. The van der Waals surface area contributed by atoms with Crippen molar-refractivity contribution in [3.8, 4) is 0 Å². The number of aliphatic hydroxyl groups is 1. The van der Waals surface area contributed by atoms with Gasteiger partial charge in [-0.05, 0) is 31.6 Å². The van der Waals surface area contributed by atoms with Crippen LogP contribution in [0.3, 0.4) is 0 Å². The van der Waals surface area contributed by atoms with E-state index in [4.69, 9.17) is 4.74 Å². The Hall–Kier alpha value is -0.0800. The van der Waals surface area contributed by atoms with E-state index in [1.54, 1.807) is 0 Å². The van der Waals surface area contributed by atoms with Gasteiger partial charge in [0.2, 0.25) is 0 Å². The summed E-state index contributed by atoms with van der Waals surface area (Å²) in [5.41, 5.74) is 0.176. The first kappa shape index (κ1) is 11.0. The first-order chi connectivity index (χ1) is 6.25. The zero-order chi connectivity index (χ0) is 9.73. The van der Waals surface area contributed by atoms with Gasteiger partial charge in [-0.15, -0.1) is 0 Å². The SMILES string of the molecule is CCOCC(O)C1(CC)CCCC1. The standard InChI is InChI=1S/C11H22O2/c1-3-11(7-5-6-8-11)10(12)9-13-4-2/h10,12H,3-9H2,1-2H3. The van der Waals surface area contributed by atoms with Crippen molar-refractivity contribution in [2.24, 2.45) is 5.41 Å². The Morgan fingerprint density at radius 1 is 1.31 bits per heavy atom. The minimum atomic E-state index is -0.250. The van der Waals surface area contributed by atoms with Crippen molar-refractivity contribution in [1.82, 2.24) is 0 Å². The average Bonchev–Trinajstić information content (AvgIpc) is 2.63. The van der Waals surface area contributed by atoms with Gasteiger partial charge in [-0.25, -0.2) is 0 Å². The van der Waals surface area contributed by atoms with Crippen molar-refractivity contribution < 1.29 is 9.84 Å². The van der Waals surface area contributed by atoms with Crippen molar-refractivity contribution in [1.29, 1.82) is 0 Å². The summed E-state index contributed by atoms with van der Waals surface area (Å²) in [7, 11) is 0. The van der Waals surface area contributed by atoms with E-state index in [9.17, 15) is 5.11 Å². The third-order valence-corrected chi connectivity index (χ3v) is 3.49. The molecule has 1 unspecified atom stereocenters. The lowest BCUT2D eigenvalue weighted by atomic mass is 9.78. The molecule has 0 aromatic rings. The van der Waals surface area contributed by atoms with Gasteiger partial charge < -0.3 is 9.84 Å². The van der Waals surface area contributed by atoms with Gasteiger partial charge in [0.1, 0.15) is 0 Å². The maximum Gasteiger partial charge on any atom is 0.0829 e. The zero-order valence-electron chi connectivity index (χ0n) is 8.88. The van der Waals surface area contributed by atoms with Crippen LogP contribution in [0.5, 0.6) is 0 Å². The fraction of sp³-hybridized carbons (Fsp3) is 1.00. The van der Waals surface area contributed by atoms with Crippen molar-refractivity contribution in [3.05, 3.63) is 0 Å². The molecule has 1 atom stereocenters. The molecule has 2 nitrogen and oxygen atoms in total. The van der Waals surface area contributed by atoms with E-state index in [-0.39, 0.29) is 11.5 Å². The van der Waals surface area contributed by atoms with E-state index in [1.807, 2.05) is 6.92 Å². The fourth-order valence-corrected chi connectivity index (χ4v) is 2.41. The van der Waals surface area contributed by atoms with Crippen LogP contribution in [-0.4, -0.2) is 24.4 Å². The minimum absolute atomic E-state index is 0.176. The number of hydrogen-bond donors (Lipinski definition) is 1. The van der Waals surface area contributed by atoms with Crippen molar-refractivity contribution in [2.45, 2.75) is 52.1 Å². The summed E-state index contributed by atoms with van der Waals surface area (Å²) < 4.78 is 5.28. The number of ether oxygens (including phenoxy) is 1. The number of hydrogen-bond acceptors (Lipinski definition) is 2. The van der Waals surface area contributed by atoms with Gasteiger partial charge in [-0.1, -0.05) is 19.8 Å². The van der Waals surface area contributed by atoms with Crippen LogP contribution in [0.15, 0.2) is 0 Å². The van der Waals surface area contributed by atoms with Gasteiger partial charge >= 0.3 is 0 Å². The highest BCUT2D eigenvalue weighted by molar-refractivity contribution is 4.89. The van der Waals surface area contributed by atoms with E-state index in [0.717, 1.165) is 6.42 Å². The zero-order valence-corrected chi connectivity index (χ0v) is 8.88. The minimum Gasteiger partial charge on any atom is -0.390 e. The van der Waals surface area contributed by atoms with Crippen LogP contribution in [0.1, 0.15) is 46.0 Å². The fourth-order valence-electron chi connectivity index (χ4n) is 2.41. The van der Waals surface area contributed by atoms with Gasteiger partial charge in [-0.3, -0.25) is 0 Å². The second-order valence-electron chi connectivity index (χ2n) is 4.10. The van der Waals surface area contributed by atoms with Crippen LogP contribution >= 0.6 is 0 Å².